The average molecular weight is 133 g/mol. The zero-order chi connectivity index (χ0) is 6.97. The molecule has 2 nitrogen and oxygen atoms in total. The fourth-order valence-corrected chi connectivity index (χ4v) is 1.12. The Morgan fingerprint density at radius 1 is 1.50 bits per heavy atom. The second-order valence-electron chi connectivity index (χ2n) is 2.34. The molecule has 0 fully saturated rings. The summed E-state index contributed by atoms with van der Waals surface area (Å²) in [6.45, 7) is 0.898. The maximum atomic E-state index is 10.8. The van der Waals surface area contributed by atoms with E-state index in [-0.39, 0.29) is 5.43 Å². The number of rotatable bonds is 0. The van der Waals surface area contributed by atoms with Crippen LogP contribution >= 0.6 is 0 Å². The van der Waals surface area contributed by atoms with E-state index in [1.165, 1.54) is 0 Å². The largest absolute Gasteiger partial charge is 0.344 e. The van der Waals surface area contributed by atoms with E-state index in [0.29, 0.717) is 0 Å². The van der Waals surface area contributed by atoms with E-state index < -0.39 is 0 Å². The Balaban J connectivity index is 2.71. The molecule has 0 bridgehead atoms. The predicted octanol–water partition coefficient (Wildman–Crippen LogP) is 0.875. The van der Waals surface area contributed by atoms with Crippen LogP contribution in [0.4, 0.5) is 0 Å². The molecule has 0 radical (unpaired) electrons. The zero-order valence-electron chi connectivity index (χ0n) is 5.45. The quantitative estimate of drug-likeness (QED) is 0.514. The third-order valence-corrected chi connectivity index (χ3v) is 1.63. The molecule has 10 heavy (non-hydrogen) atoms. The van der Waals surface area contributed by atoms with Crippen LogP contribution < -0.4 is 5.43 Å². The van der Waals surface area contributed by atoms with Crippen LogP contribution in [0.1, 0.15) is 5.69 Å². The van der Waals surface area contributed by atoms with Gasteiger partial charge in [0.2, 0.25) is 0 Å². The van der Waals surface area contributed by atoms with Crippen molar-refractivity contribution in [3.8, 4) is 0 Å². The SMILES string of the molecule is O=c1ccn2c(c1)C=CC2. The first-order valence-corrected chi connectivity index (χ1v) is 3.23. The van der Waals surface area contributed by atoms with Crippen molar-refractivity contribution in [2.45, 2.75) is 6.54 Å². The minimum absolute atomic E-state index is 0.0813. The molecule has 0 amide bonds. The number of hydrogen-bond acceptors (Lipinski definition) is 1. The minimum atomic E-state index is 0.0813. The Bertz CT molecular complexity index is 335. The zero-order valence-corrected chi connectivity index (χ0v) is 5.45. The van der Waals surface area contributed by atoms with Gasteiger partial charge in [-0.15, -0.1) is 0 Å². The summed E-state index contributed by atoms with van der Waals surface area (Å²) >= 11 is 0. The molecule has 0 spiro atoms. The van der Waals surface area contributed by atoms with E-state index in [0.717, 1.165) is 12.2 Å². The first-order chi connectivity index (χ1) is 4.86. The molecule has 0 atom stereocenters. The maximum Gasteiger partial charge on any atom is 0.182 e. The topological polar surface area (TPSA) is 22.0 Å². The summed E-state index contributed by atoms with van der Waals surface area (Å²) in [6, 6.07) is 3.22. The predicted molar refractivity (Wildman–Crippen MR) is 39.7 cm³/mol. The Morgan fingerprint density at radius 2 is 2.40 bits per heavy atom. The van der Waals surface area contributed by atoms with Crippen molar-refractivity contribution in [2.75, 3.05) is 0 Å². The highest BCUT2D eigenvalue weighted by Crippen LogP contribution is 2.06. The van der Waals surface area contributed by atoms with Crippen LogP contribution in [-0.4, -0.2) is 4.57 Å². The summed E-state index contributed by atoms with van der Waals surface area (Å²) in [5.41, 5.74) is 1.09. The lowest BCUT2D eigenvalue weighted by Crippen LogP contribution is -2.03. The molecule has 2 rings (SSSR count). The van der Waals surface area contributed by atoms with Crippen LogP contribution in [0.5, 0.6) is 0 Å². The van der Waals surface area contributed by atoms with Gasteiger partial charge in [0.25, 0.3) is 0 Å². The van der Waals surface area contributed by atoms with Gasteiger partial charge in [0, 0.05) is 30.6 Å². The summed E-state index contributed by atoms with van der Waals surface area (Å²) in [7, 11) is 0. The number of pyridine rings is 1. The Kier molecular flexibility index (Phi) is 1.01. The fraction of sp³-hybridized carbons (Fsp3) is 0.125. The number of allylic oxidation sites excluding steroid dienone is 1. The van der Waals surface area contributed by atoms with Crippen molar-refractivity contribution in [3.05, 3.63) is 40.3 Å². The average Bonchev–Trinajstić information content (AvgIpc) is 2.33. The number of fused-ring (bicyclic) bond motifs is 1. The van der Waals surface area contributed by atoms with Gasteiger partial charge in [0.15, 0.2) is 5.43 Å². The maximum absolute atomic E-state index is 10.8. The van der Waals surface area contributed by atoms with Gasteiger partial charge >= 0.3 is 0 Å². The Hall–Kier alpha value is -1.31. The normalized spacial score (nSPS) is 13.6. The van der Waals surface area contributed by atoms with Crippen LogP contribution in [0.3, 0.4) is 0 Å². The van der Waals surface area contributed by atoms with Gasteiger partial charge in [-0.2, -0.15) is 0 Å². The highest BCUT2D eigenvalue weighted by molar-refractivity contribution is 5.48. The van der Waals surface area contributed by atoms with Crippen LogP contribution in [0, 0.1) is 0 Å². The second-order valence-corrected chi connectivity index (χ2v) is 2.34. The van der Waals surface area contributed by atoms with Gasteiger partial charge in [0.05, 0.1) is 0 Å². The molecule has 0 saturated heterocycles. The summed E-state index contributed by atoms with van der Waals surface area (Å²) in [5.74, 6) is 0. The molecule has 1 aromatic rings. The molecule has 0 unspecified atom stereocenters. The molecule has 0 N–H and O–H groups in total. The summed E-state index contributed by atoms with van der Waals surface area (Å²) in [4.78, 5) is 10.8. The molecule has 2 heteroatoms. The van der Waals surface area contributed by atoms with E-state index in [1.54, 1.807) is 12.1 Å². The molecule has 1 aliphatic rings. The highest BCUT2D eigenvalue weighted by Gasteiger charge is 1.99. The van der Waals surface area contributed by atoms with Crippen molar-refractivity contribution in [1.82, 2.24) is 4.57 Å². The van der Waals surface area contributed by atoms with Crippen LogP contribution in [0.25, 0.3) is 6.08 Å². The van der Waals surface area contributed by atoms with Gasteiger partial charge in [-0.05, 0) is 6.08 Å². The van der Waals surface area contributed by atoms with E-state index in [1.807, 2.05) is 22.9 Å². The van der Waals surface area contributed by atoms with Crippen LogP contribution in [0.2, 0.25) is 0 Å². The lowest BCUT2D eigenvalue weighted by molar-refractivity contribution is 0.827. The molecule has 0 saturated carbocycles. The summed E-state index contributed by atoms with van der Waals surface area (Å²) < 4.78 is 2.03. The first kappa shape index (κ1) is 5.47. The molecule has 1 aliphatic heterocycles. The summed E-state index contributed by atoms with van der Waals surface area (Å²) in [5, 5.41) is 0. The van der Waals surface area contributed by atoms with Crippen molar-refractivity contribution in [1.29, 1.82) is 0 Å². The monoisotopic (exact) mass is 133 g/mol. The summed E-state index contributed by atoms with van der Waals surface area (Å²) in [6.07, 6.45) is 5.81. The standard InChI is InChI=1S/C8H7NO/c10-8-3-5-9-4-1-2-7(9)6-8/h1-3,5-6H,4H2. The van der Waals surface area contributed by atoms with E-state index in [9.17, 15) is 4.79 Å². The van der Waals surface area contributed by atoms with Crippen molar-refractivity contribution in [2.24, 2.45) is 0 Å². The Labute approximate surface area is 58.4 Å². The molecule has 2 heterocycles. The van der Waals surface area contributed by atoms with E-state index in [2.05, 4.69) is 0 Å². The van der Waals surface area contributed by atoms with E-state index >= 15 is 0 Å². The van der Waals surface area contributed by atoms with Crippen molar-refractivity contribution < 1.29 is 0 Å². The molecule has 50 valence electrons. The second kappa shape index (κ2) is 1.84. The van der Waals surface area contributed by atoms with Gasteiger partial charge in [-0.25, -0.2) is 0 Å². The molecular weight excluding hydrogens is 126 g/mol. The van der Waals surface area contributed by atoms with Gasteiger partial charge < -0.3 is 4.57 Å². The molecule has 1 aromatic heterocycles. The molecule has 0 aliphatic carbocycles. The van der Waals surface area contributed by atoms with Crippen LogP contribution in [0.15, 0.2) is 29.2 Å². The highest BCUT2D eigenvalue weighted by atomic mass is 16.1. The first-order valence-electron chi connectivity index (χ1n) is 3.23. The van der Waals surface area contributed by atoms with Crippen molar-refractivity contribution in [3.63, 3.8) is 0 Å². The number of nitrogens with zero attached hydrogens (tertiary/aromatic N) is 1. The van der Waals surface area contributed by atoms with Gasteiger partial charge in [-0.1, -0.05) is 6.08 Å². The third-order valence-electron chi connectivity index (χ3n) is 1.63. The smallest absolute Gasteiger partial charge is 0.182 e. The third kappa shape index (κ3) is 0.692. The van der Waals surface area contributed by atoms with Gasteiger partial charge in [0.1, 0.15) is 0 Å². The van der Waals surface area contributed by atoms with Crippen LogP contribution in [-0.2, 0) is 6.54 Å². The van der Waals surface area contributed by atoms with Crippen molar-refractivity contribution >= 4 is 6.08 Å². The minimum Gasteiger partial charge on any atom is -0.344 e. The lowest BCUT2D eigenvalue weighted by Gasteiger charge is -1.99. The number of hydrogen-bond donors (Lipinski definition) is 0. The molecular formula is C8H7NO. The number of aromatic nitrogens is 1. The Morgan fingerprint density at radius 3 is 3.30 bits per heavy atom. The fourth-order valence-electron chi connectivity index (χ4n) is 1.12. The van der Waals surface area contributed by atoms with Gasteiger partial charge in [-0.3, -0.25) is 4.79 Å². The lowest BCUT2D eigenvalue weighted by atomic mass is 10.3. The molecule has 0 aromatic carbocycles. The van der Waals surface area contributed by atoms with E-state index in [4.69, 9.17) is 0 Å².